The molecule has 1 fully saturated rings. The van der Waals surface area contributed by atoms with E-state index in [2.05, 4.69) is 0 Å². The van der Waals surface area contributed by atoms with E-state index in [0.717, 1.165) is 0 Å². The van der Waals surface area contributed by atoms with Gasteiger partial charge in [-0.05, 0) is 33.1 Å². The van der Waals surface area contributed by atoms with Gasteiger partial charge in [0.1, 0.15) is 6.04 Å². The summed E-state index contributed by atoms with van der Waals surface area (Å²) >= 11 is 0. The van der Waals surface area contributed by atoms with E-state index >= 15 is 0 Å². The number of nitrogens with zero attached hydrogens (tertiary/aromatic N) is 2. The van der Waals surface area contributed by atoms with Gasteiger partial charge in [-0.15, -0.1) is 0 Å². The number of rotatable bonds is 4. The SMILES string of the molecule is CCN(CC(C)(C)O)C(=O)N1CCC(C)C1C(=O)O. The number of amides is 2. The Morgan fingerprint density at radius 1 is 1.42 bits per heavy atom. The normalized spacial score (nSPS) is 23.5. The van der Waals surface area contributed by atoms with Crippen molar-refractivity contribution in [1.82, 2.24) is 9.80 Å². The summed E-state index contributed by atoms with van der Waals surface area (Å²) in [6, 6.07) is -1.07. The van der Waals surface area contributed by atoms with Crippen LogP contribution in [0.15, 0.2) is 0 Å². The molecule has 1 aliphatic heterocycles. The molecule has 1 heterocycles. The van der Waals surface area contributed by atoms with E-state index in [1.807, 2.05) is 13.8 Å². The van der Waals surface area contributed by atoms with Crippen LogP contribution in [0.2, 0.25) is 0 Å². The number of carboxylic acids is 1. The maximum Gasteiger partial charge on any atom is 0.326 e. The second-order valence-corrected chi connectivity index (χ2v) is 5.85. The Bertz CT molecular complexity index is 351. The zero-order valence-electron chi connectivity index (χ0n) is 12.1. The summed E-state index contributed by atoms with van der Waals surface area (Å²) in [6.07, 6.45) is 0.697. The smallest absolute Gasteiger partial charge is 0.326 e. The predicted molar refractivity (Wildman–Crippen MR) is 70.9 cm³/mol. The molecular formula is C13H24N2O4. The Hall–Kier alpha value is -1.30. The molecule has 2 atom stereocenters. The first-order chi connectivity index (χ1) is 8.67. The molecule has 0 saturated carbocycles. The van der Waals surface area contributed by atoms with E-state index < -0.39 is 17.6 Å². The van der Waals surface area contributed by atoms with Gasteiger partial charge in [0.05, 0.1) is 12.1 Å². The van der Waals surface area contributed by atoms with Crippen LogP contribution in [0.3, 0.4) is 0 Å². The van der Waals surface area contributed by atoms with Gasteiger partial charge in [-0.25, -0.2) is 9.59 Å². The van der Waals surface area contributed by atoms with Crippen molar-refractivity contribution in [3.63, 3.8) is 0 Å². The van der Waals surface area contributed by atoms with Crippen molar-refractivity contribution >= 4 is 12.0 Å². The number of carbonyl (C=O) groups excluding carboxylic acids is 1. The molecule has 0 aromatic carbocycles. The highest BCUT2D eigenvalue weighted by atomic mass is 16.4. The summed E-state index contributed by atoms with van der Waals surface area (Å²) in [5.74, 6) is -1.00. The average Bonchev–Trinajstić information content (AvgIpc) is 2.65. The van der Waals surface area contributed by atoms with E-state index in [1.165, 1.54) is 9.80 Å². The Kier molecular flexibility index (Phi) is 4.79. The van der Waals surface area contributed by atoms with Crippen LogP contribution in [-0.2, 0) is 4.79 Å². The maximum atomic E-state index is 12.4. The number of carboxylic acid groups (broad SMARTS) is 1. The predicted octanol–water partition coefficient (Wildman–Crippen LogP) is 0.994. The van der Waals surface area contributed by atoms with Gasteiger partial charge in [-0.3, -0.25) is 0 Å². The molecule has 6 nitrogen and oxygen atoms in total. The standard InChI is InChI=1S/C13H24N2O4/c1-5-14(8-13(3,4)19)12(18)15-7-6-9(2)10(15)11(16)17/h9-10,19H,5-8H2,1-4H3,(H,16,17). The molecule has 19 heavy (non-hydrogen) atoms. The fraction of sp³-hybridized carbons (Fsp3) is 0.846. The molecule has 2 amide bonds. The van der Waals surface area contributed by atoms with Crippen molar-refractivity contribution in [3.05, 3.63) is 0 Å². The van der Waals surface area contributed by atoms with Gasteiger partial charge in [0.15, 0.2) is 0 Å². The van der Waals surface area contributed by atoms with Crippen LogP contribution in [0.25, 0.3) is 0 Å². The van der Waals surface area contributed by atoms with E-state index in [9.17, 15) is 19.8 Å². The fourth-order valence-corrected chi connectivity index (χ4v) is 2.50. The Balaban J connectivity index is 2.83. The summed E-state index contributed by atoms with van der Waals surface area (Å²) in [5, 5.41) is 19.0. The van der Waals surface area contributed by atoms with E-state index in [0.29, 0.717) is 19.5 Å². The minimum atomic E-state index is -0.990. The second kappa shape index (κ2) is 5.77. The van der Waals surface area contributed by atoms with Gasteiger partial charge in [0.2, 0.25) is 0 Å². The van der Waals surface area contributed by atoms with E-state index in [4.69, 9.17) is 0 Å². The number of likely N-dealkylation sites (N-methyl/N-ethyl adjacent to an activating group) is 1. The number of hydrogen-bond donors (Lipinski definition) is 2. The summed E-state index contributed by atoms with van der Waals surface area (Å²) in [6.45, 7) is 8.02. The third-order valence-electron chi connectivity index (χ3n) is 3.43. The Morgan fingerprint density at radius 2 is 2.00 bits per heavy atom. The molecular weight excluding hydrogens is 248 g/mol. The number of carbonyl (C=O) groups is 2. The first-order valence-electron chi connectivity index (χ1n) is 6.68. The van der Waals surface area contributed by atoms with Gasteiger partial charge in [-0.1, -0.05) is 6.92 Å². The van der Waals surface area contributed by atoms with Gasteiger partial charge in [0, 0.05) is 13.1 Å². The third kappa shape index (κ3) is 3.83. The van der Waals surface area contributed by atoms with E-state index in [1.54, 1.807) is 13.8 Å². The monoisotopic (exact) mass is 272 g/mol. The fourth-order valence-electron chi connectivity index (χ4n) is 2.50. The molecule has 0 aliphatic carbocycles. The lowest BCUT2D eigenvalue weighted by atomic mass is 10.0. The molecule has 0 aromatic rings. The molecule has 0 radical (unpaired) electrons. The molecule has 1 rings (SSSR count). The highest BCUT2D eigenvalue weighted by Gasteiger charge is 2.41. The van der Waals surface area contributed by atoms with Crippen LogP contribution in [0, 0.1) is 5.92 Å². The van der Waals surface area contributed by atoms with Gasteiger partial charge in [0.25, 0.3) is 0 Å². The molecule has 0 spiro atoms. The van der Waals surface area contributed by atoms with Crippen LogP contribution in [0.1, 0.15) is 34.1 Å². The van der Waals surface area contributed by atoms with Crippen molar-refractivity contribution < 1.29 is 19.8 Å². The van der Waals surface area contributed by atoms with E-state index in [-0.39, 0.29) is 18.5 Å². The Morgan fingerprint density at radius 3 is 2.42 bits per heavy atom. The number of hydrogen-bond acceptors (Lipinski definition) is 3. The highest BCUT2D eigenvalue weighted by molar-refractivity contribution is 5.83. The number of urea groups is 1. The topological polar surface area (TPSA) is 81.1 Å². The van der Waals surface area contributed by atoms with Crippen LogP contribution >= 0.6 is 0 Å². The zero-order chi connectivity index (χ0) is 14.8. The number of likely N-dealkylation sites (tertiary alicyclic amines) is 1. The first kappa shape index (κ1) is 15.8. The minimum Gasteiger partial charge on any atom is -0.480 e. The average molecular weight is 272 g/mol. The number of aliphatic carboxylic acids is 1. The van der Waals surface area contributed by atoms with Crippen LogP contribution in [0.4, 0.5) is 4.79 Å². The molecule has 1 aliphatic rings. The lowest BCUT2D eigenvalue weighted by Crippen LogP contribution is -2.52. The molecule has 2 N–H and O–H groups in total. The second-order valence-electron chi connectivity index (χ2n) is 5.85. The molecule has 0 aromatic heterocycles. The van der Waals surface area contributed by atoms with Crippen molar-refractivity contribution in [1.29, 1.82) is 0 Å². The van der Waals surface area contributed by atoms with Gasteiger partial charge in [-0.2, -0.15) is 0 Å². The Labute approximate surface area is 114 Å². The lowest BCUT2D eigenvalue weighted by Gasteiger charge is -2.33. The molecule has 1 saturated heterocycles. The quantitative estimate of drug-likeness (QED) is 0.800. The summed E-state index contributed by atoms with van der Waals surface area (Å²) in [5.41, 5.74) is -0.990. The first-order valence-corrected chi connectivity index (χ1v) is 6.68. The zero-order valence-corrected chi connectivity index (χ0v) is 12.1. The molecule has 0 bridgehead atoms. The van der Waals surface area contributed by atoms with Gasteiger partial charge < -0.3 is 20.0 Å². The molecule has 6 heteroatoms. The summed E-state index contributed by atoms with van der Waals surface area (Å²) < 4.78 is 0. The van der Waals surface area contributed by atoms with Crippen molar-refractivity contribution in [3.8, 4) is 0 Å². The molecule has 110 valence electrons. The third-order valence-corrected chi connectivity index (χ3v) is 3.43. The summed E-state index contributed by atoms with van der Waals surface area (Å²) in [7, 11) is 0. The number of aliphatic hydroxyl groups is 1. The van der Waals surface area contributed by atoms with Crippen LogP contribution in [-0.4, -0.2) is 63.3 Å². The lowest BCUT2D eigenvalue weighted by molar-refractivity contribution is -0.142. The molecule has 2 unspecified atom stereocenters. The summed E-state index contributed by atoms with van der Waals surface area (Å²) in [4.78, 5) is 26.6. The van der Waals surface area contributed by atoms with Gasteiger partial charge >= 0.3 is 12.0 Å². The largest absolute Gasteiger partial charge is 0.480 e. The van der Waals surface area contributed by atoms with Crippen molar-refractivity contribution in [2.75, 3.05) is 19.6 Å². The highest BCUT2D eigenvalue weighted by Crippen LogP contribution is 2.25. The maximum absolute atomic E-state index is 12.4. The van der Waals surface area contributed by atoms with Crippen molar-refractivity contribution in [2.45, 2.75) is 45.8 Å². The van der Waals surface area contributed by atoms with Crippen molar-refractivity contribution in [2.24, 2.45) is 5.92 Å². The van der Waals surface area contributed by atoms with Crippen LogP contribution in [0.5, 0.6) is 0 Å². The minimum absolute atomic E-state index is 0.0395. The van der Waals surface area contributed by atoms with Crippen LogP contribution < -0.4 is 0 Å².